The lowest BCUT2D eigenvalue weighted by Gasteiger charge is -2.08. The number of hydrogen-bond acceptors (Lipinski definition) is 4. The van der Waals surface area contributed by atoms with Gasteiger partial charge in [-0.3, -0.25) is 9.78 Å². The summed E-state index contributed by atoms with van der Waals surface area (Å²) in [5.41, 5.74) is 6.26. The van der Waals surface area contributed by atoms with E-state index in [1.54, 1.807) is 12.1 Å². The topological polar surface area (TPSA) is 105 Å². The summed E-state index contributed by atoms with van der Waals surface area (Å²) in [5, 5.41) is 11.6. The summed E-state index contributed by atoms with van der Waals surface area (Å²) in [6.07, 6.45) is 3.05. The first kappa shape index (κ1) is 12.6. The molecule has 2 rings (SSSR count). The zero-order valence-corrected chi connectivity index (χ0v) is 9.83. The Bertz CT molecular complexity index is 626. The van der Waals surface area contributed by atoms with Crippen LogP contribution in [0.3, 0.4) is 0 Å². The van der Waals surface area contributed by atoms with Gasteiger partial charge in [0.15, 0.2) is 0 Å². The summed E-state index contributed by atoms with van der Waals surface area (Å²) < 4.78 is 0. The minimum Gasteiger partial charge on any atom is -0.478 e. The molecule has 0 spiro atoms. The highest BCUT2D eigenvalue weighted by molar-refractivity contribution is 6.11. The van der Waals surface area contributed by atoms with Gasteiger partial charge in [-0.1, -0.05) is 0 Å². The van der Waals surface area contributed by atoms with Crippen molar-refractivity contribution in [1.29, 1.82) is 0 Å². The molecule has 1 amide bonds. The van der Waals surface area contributed by atoms with Crippen molar-refractivity contribution in [2.75, 3.05) is 11.1 Å². The third kappa shape index (κ3) is 2.86. The third-order valence-corrected chi connectivity index (χ3v) is 2.46. The van der Waals surface area contributed by atoms with Gasteiger partial charge < -0.3 is 16.2 Å². The summed E-state index contributed by atoms with van der Waals surface area (Å²) >= 11 is 0. The maximum absolute atomic E-state index is 12.0. The van der Waals surface area contributed by atoms with E-state index in [1.807, 2.05) is 0 Å². The second-order valence-electron chi connectivity index (χ2n) is 3.80. The van der Waals surface area contributed by atoms with E-state index >= 15 is 0 Å². The lowest BCUT2D eigenvalue weighted by Crippen LogP contribution is -2.16. The number of carboxylic acid groups (broad SMARTS) is 1. The zero-order valence-electron chi connectivity index (χ0n) is 9.83. The van der Waals surface area contributed by atoms with E-state index in [-0.39, 0.29) is 16.8 Å². The van der Waals surface area contributed by atoms with Crippen molar-refractivity contribution in [3.05, 3.63) is 53.9 Å². The molecule has 6 heteroatoms. The Balaban J connectivity index is 2.31. The highest BCUT2D eigenvalue weighted by Crippen LogP contribution is 2.16. The van der Waals surface area contributed by atoms with Crippen LogP contribution in [0.5, 0.6) is 0 Å². The predicted octanol–water partition coefficient (Wildman–Crippen LogP) is 1.61. The Hall–Kier alpha value is -2.89. The molecule has 1 heterocycles. The number of benzene rings is 1. The number of nitrogens with one attached hydrogen (secondary N) is 1. The maximum atomic E-state index is 12.0. The van der Waals surface area contributed by atoms with Crippen molar-refractivity contribution in [3.8, 4) is 0 Å². The van der Waals surface area contributed by atoms with Crippen LogP contribution in [0, 0.1) is 0 Å². The lowest BCUT2D eigenvalue weighted by atomic mass is 10.1. The summed E-state index contributed by atoms with van der Waals surface area (Å²) in [7, 11) is 0. The first-order valence-corrected chi connectivity index (χ1v) is 5.42. The van der Waals surface area contributed by atoms with Gasteiger partial charge in [-0.25, -0.2) is 4.79 Å². The molecule has 2 aromatic rings. The smallest absolute Gasteiger partial charge is 0.336 e. The first-order chi connectivity index (χ1) is 9.08. The number of aromatic carboxylic acids is 1. The molecule has 0 radical (unpaired) electrons. The average molecular weight is 257 g/mol. The summed E-state index contributed by atoms with van der Waals surface area (Å²) in [6, 6.07) is 7.33. The molecule has 96 valence electrons. The predicted molar refractivity (Wildman–Crippen MR) is 70.0 cm³/mol. The summed E-state index contributed by atoms with van der Waals surface area (Å²) in [6.45, 7) is 0. The van der Waals surface area contributed by atoms with E-state index in [0.717, 1.165) is 0 Å². The fourth-order valence-corrected chi connectivity index (χ4v) is 1.57. The Labute approximate surface area is 108 Å². The van der Waals surface area contributed by atoms with Crippen molar-refractivity contribution in [2.24, 2.45) is 0 Å². The fraction of sp³-hybridized carbons (Fsp3) is 0. The number of anilines is 2. The van der Waals surface area contributed by atoms with Crippen LogP contribution in [-0.2, 0) is 0 Å². The fourth-order valence-electron chi connectivity index (χ4n) is 1.57. The summed E-state index contributed by atoms with van der Waals surface area (Å²) in [5.74, 6) is -1.71. The Morgan fingerprint density at radius 1 is 1.11 bits per heavy atom. The number of pyridine rings is 1. The number of amides is 1. The molecule has 0 bridgehead atoms. The van der Waals surface area contributed by atoms with Crippen molar-refractivity contribution in [3.63, 3.8) is 0 Å². The monoisotopic (exact) mass is 257 g/mol. The van der Waals surface area contributed by atoms with Gasteiger partial charge >= 0.3 is 5.97 Å². The molecule has 6 nitrogen and oxygen atoms in total. The van der Waals surface area contributed by atoms with Crippen molar-refractivity contribution < 1.29 is 14.7 Å². The first-order valence-electron chi connectivity index (χ1n) is 5.42. The van der Waals surface area contributed by atoms with E-state index in [9.17, 15) is 9.59 Å². The van der Waals surface area contributed by atoms with E-state index in [0.29, 0.717) is 5.69 Å². The molecule has 1 aromatic carbocycles. The Morgan fingerprint density at radius 3 is 2.42 bits per heavy atom. The van der Waals surface area contributed by atoms with Crippen LogP contribution in [0.1, 0.15) is 20.7 Å². The van der Waals surface area contributed by atoms with E-state index in [2.05, 4.69) is 10.3 Å². The molecule has 0 saturated carbocycles. The minimum atomic E-state index is -1.20. The maximum Gasteiger partial charge on any atom is 0.336 e. The van der Waals surface area contributed by atoms with Crippen molar-refractivity contribution in [2.45, 2.75) is 0 Å². The van der Waals surface area contributed by atoms with Gasteiger partial charge in [0.2, 0.25) is 0 Å². The van der Waals surface area contributed by atoms with E-state index < -0.39 is 11.9 Å². The molecule has 0 aliphatic rings. The lowest BCUT2D eigenvalue weighted by molar-refractivity contribution is 0.0692. The second kappa shape index (κ2) is 5.18. The Kier molecular flexibility index (Phi) is 3.42. The van der Waals surface area contributed by atoms with E-state index in [1.165, 1.54) is 30.6 Å². The van der Waals surface area contributed by atoms with Crippen LogP contribution < -0.4 is 11.1 Å². The molecule has 0 aliphatic carbocycles. The van der Waals surface area contributed by atoms with Gasteiger partial charge in [0.05, 0.1) is 11.1 Å². The van der Waals surface area contributed by atoms with E-state index in [4.69, 9.17) is 10.8 Å². The van der Waals surface area contributed by atoms with Gasteiger partial charge in [-0.15, -0.1) is 0 Å². The molecule has 0 atom stereocenters. The number of hydrogen-bond donors (Lipinski definition) is 3. The molecule has 0 unspecified atom stereocenters. The largest absolute Gasteiger partial charge is 0.478 e. The molecule has 1 aromatic heterocycles. The highest BCUT2D eigenvalue weighted by Gasteiger charge is 2.16. The molecule has 19 heavy (non-hydrogen) atoms. The molecular formula is C13H11N3O3. The average Bonchev–Trinajstić information content (AvgIpc) is 2.39. The quantitative estimate of drug-likeness (QED) is 0.724. The number of nitrogen functional groups attached to an aromatic ring is 1. The number of carbonyl (C=O) groups excluding carboxylic acids is 1. The van der Waals surface area contributed by atoms with Crippen molar-refractivity contribution >= 4 is 23.3 Å². The van der Waals surface area contributed by atoms with Crippen LogP contribution in [0.15, 0.2) is 42.7 Å². The molecular weight excluding hydrogens is 246 g/mol. The van der Waals surface area contributed by atoms with Gasteiger partial charge in [0, 0.05) is 23.8 Å². The van der Waals surface area contributed by atoms with Crippen LogP contribution in [0.25, 0.3) is 0 Å². The standard InChI is InChI=1S/C13H11N3O3/c14-8-1-2-10(11(7-8)13(18)19)12(17)16-9-3-5-15-6-4-9/h1-7H,14H2,(H,18,19)(H,15,16,17). The summed E-state index contributed by atoms with van der Waals surface area (Å²) in [4.78, 5) is 26.9. The SMILES string of the molecule is Nc1ccc(C(=O)Nc2ccncc2)c(C(=O)O)c1. The molecule has 0 fully saturated rings. The highest BCUT2D eigenvalue weighted by atomic mass is 16.4. The van der Waals surface area contributed by atoms with Gasteiger partial charge in [-0.05, 0) is 30.3 Å². The Morgan fingerprint density at radius 2 is 1.79 bits per heavy atom. The van der Waals surface area contributed by atoms with Gasteiger partial charge in [-0.2, -0.15) is 0 Å². The number of carboxylic acids is 1. The van der Waals surface area contributed by atoms with Crippen LogP contribution in [0.2, 0.25) is 0 Å². The van der Waals surface area contributed by atoms with Crippen molar-refractivity contribution in [1.82, 2.24) is 4.98 Å². The number of aromatic nitrogens is 1. The number of rotatable bonds is 3. The number of nitrogens with two attached hydrogens (primary N) is 1. The normalized spacial score (nSPS) is 9.89. The molecule has 4 N–H and O–H groups in total. The van der Waals surface area contributed by atoms with Crippen LogP contribution in [0.4, 0.5) is 11.4 Å². The number of carbonyl (C=O) groups is 2. The zero-order chi connectivity index (χ0) is 13.8. The minimum absolute atomic E-state index is 0.0542. The van der Waals surface area contributed by atoms with Crippen LogP contribution in [-0.4, -0.2) is 22.0 Å². The second-order valence-corrected chi connectivity index (χ2v) is 3.80. The third-order valence-electron chi connectivity index (χ3n) is 2.46. The molecule has 0 aliphatic heterocycles. The molecule has 0 saturated heterocycles. The van der Waals surface area contributed by atoms with Gasteiger partial charge in [0.1, 0.15) is 0 Å². The number of nitrogens with zero attached hydrogens (tertiary/aromatic N) is 1. The van der Waals surface area contributed by atoms with Gasteiger partial charge in [0.25, 0.3) is 5.91 Å². The van der Waals surface area contributed by atoms with Crippen LogP contribution >= 0.6 is 0 Å².